The van der Waals surface area contributed by atoms with Crippen molar-refractivity contribution in [3.63, 3.8) is 0 Å². The van der Waals surface area contributed by atoms with Gasteiger partial charge in [0.25, 0.3) is 0 Å². The van der Waals surface area contributed by atoms with Crippen LogP contribution in [0.4, 0.5) is 11.4 Å². The van der Waals surface area contributed by atoms with Gasteiger partial charge in [-0.2, -0.15) is 0 Å². The van der Waals surface area contributed by atoms with E-state index in [2.05, 4.69) is 5.32 Å². The number of benzene rings is 2. The molecule has 0 saturated carbocycles. The topological polar surface area (TPSA) is 49.4 Å². The summed E-state index contributed by atoms with van der Waals surface area (Å²) in [4.78, 5) is 25.8. The van der Waals surface area contributed by atoms with Crippen LogP contribution in [0.15, 0.2) is 36.4 Å². The monoisotopic (exact) mass is 378 g/mol. The molecule has 2 amide bonds. The molecule has 0 atom stereocenters. The minimum atomic E-state index is -0.236. The van der Waals surface area contributed by atoms with Crippen LogP contribution >= 0.6 is 23.2 Å². The molecule has 6 heteroatoms. The number of rotatable bonds is 5. The highest BCUT2D eigenvalue weighted by molar-refractivity contribution is 6.43. The molecule has 0 heterocycles. The summed E-state index contributed by atoms with van der Waals surface area (Å²) < 4.78 is 0. The summed E-state index contributed by atoms with van der Waals surface area (Å²) in [5, 5.41) is 3.40. The summed E-state index contributed by atoms with van der Waals surface area (Å²) in [5.74, 6) is -0.349. The number of anilines is 2. The highest BCUT2D eigenvalue weighted by Crippen LogP contribution is 2.29. The molecular formula is C19H20Cl2N2O2. The second-order valence-electron chi connectivity index (χ2n) is 5.92. The molecule has 4 nitrogen and oxygen atoms in total. The minimum absolute atomic E-state index is 0.112. The Morgan fingerprint density at radius 3 is 2.32 bits per heavy atom. The van der Waals surface area contributed by atoms with Crippen LogP contribution in [0.3, 0.4) is 0 Å². The summed E-state index contributed by atoms with van der Waals surface area (Å²) in [6.07, 6.45) is 0.148. The molecule has 1 N–H and O–H groups in total. The van der Waals surface area contributed by atoms with Crippen LogP contribution in [0.2, 0.25) is 10.0 Å². The van der Waals surface area contributed by atoms with E-state index in [-0.39, 0.29) is 24.8 Å². The molecule has 0 bridgehead atoms. The Labute approximate surface area is 157 Å². The van der Waals surface area contributed by atoms with Crippen molar-refractivity contribution in [1.29, 1.82) is 0 Å². The Balaban J connectivity index is 2.07. The number of aryl methyl sites for hydroxylation is 2. The van der Waals surface area contributed by atoms with Crippen molar-refractivity contribution in [2.45, 2.75) is 27.2 Å². The van der Waals surface area contributed by atoms with E-state index in [9.17, 15) is 9.59 Å². The van der Waals surface area contributed by atoms with Gasteiger partial charge >= 0.3 is 0 Å². The maximum Gasteiger partial charge on any atom is 0.226 e. The molecule has 0 unspecified atom stereocenters. The molecule has 132 valence electrons. The highest BCUT2D eigenvalue weighted by atomic mass is 35.5. The maximum atomic E-state index is 12.2. The van der Waals surface area contributed by atoms with Crippen molar-refractivity contribution in [2.75, 3.05) is 16.8 Å². The zero-order chi connectivity index (χ0) is 18.6. The Kier molecular flexibility index (Phi) is 6.45. The summed E-state index contributed by atoms with van der Waals surface area (Å²) in [6.45, 7) is 5.72. The first kappa shape index (κ1) is 19.3. The molecular weight excluding hydrogens is 359 g/mol. The number of nitrogens with one attached hydrogen (secondary N) is 1. The van der Waals surface area contributed by atoms with Crippen molar-refractivity contribution in [2.24, 2.45) is 0 Å². The third-order valence-electron chi connectivity index (χ3n) is 3.69. The lowest BCUT2D eigenvalue weighted by atomic mass is 10.1. The number of nitrogens with zero attached hydrogens (tertiary/aromatic N) is 1. The minimum Gasteiger partial charge on any atom is -0.325 e. The number of hydrogen-bond acceptors (Lipinski definition) is 2. The van der Waals surface area contributed by atoms with Crippen LogP contribution in [-0.4, -0.2) is 18.4 Å². The standard InChI is InChI=1S/C19H20Cl2N2O2/c1-12-9-13(2)11-15(10-12)23(14(3)24)8-7-18(25)22-17-6-4-5-16(20)19(17)21/h4-6,9-11H,7-8H2,1-3H3,(H,22,25). The summed E-state index contributed by atoms with van der Waals surface area (Å²) >= 11 is 12.0. The van der Waals surface area contributed by atoms with Gasteiger partial charge in [0.15, 0.2) is 0 Å². The van der Waals surface area contributed by atoms with E-state index in [1.165, 1.54) is 6.92 Å². The molecule has 2 aromatic rings. The first-order valence-electron chi connectivity index (χ1n) is 7.88. The normalized spacial score (nSPS) is 10.4. The highest BCUT2D eigenvalue weighted by Gasteiger charge is 2.15. The second-order valence-corrected chi connectivity index (χ2v) is 6.70. The van der Waals surface area contributed by atoms with E-state index in [1.54, 1.807) is 23.1 Å². The molecule has 0 spiro atoms. The smallest absolute Gasteiger partial charge is 0.226 e. The largest absolute Gasteiger partial charge is 0.325 e. The van der Waals surface area contributed by atoms with Gasteiger partial charge in [-0.05, 0) is 49.2 Å². The molecule has 25 heavy (non-hydrogen) atoms. The second kappa shape index (κ2) is 8.37. The lowest BCUT2D eigenvalue weighted by molar-refractivity contribution is -0.117. The van der Waals surface area contributed by atoms with Crippen molar-refractivity contribution in [3.8, 4) is 0 Å². The van der Waals surface area contributed by atoms with Crippen molar-refractivity contribution in [3.05, 3.63) is 57.6 Å². The molecule has 0 aromatic heterocycles. The number of halogens is 2. The fourth-order valence-corrected chi connectivity index (χ4v) is 2.95. The molecule has 0 saturated heterocycles. The third kappa shape index (κ3) is 5.21. The summed E-state index contributed by atoms with van der Waals surface area (Å²) in [7, 11) is 0. The number of hydrogen-bond donors (Lipinski definition) is 1. The number of carbonyl (C=O) groups excluding carboxylic acids is 2. The average molecular weight is 379 g/mol. The van der Waals surface area contributed by atoms with Gasteiger partial charge in [-0.25, -0.2) is 0 Å². The predicted molar refractivity (Wildman–Crippen MR) is 104 cm³/mol. The predicted octanol–water partition coefficient (Wildman–Crippen LogP) is 4.99. The first-order valence-corrected chi connectivity index (χ1v) is 8.64. The van der Waals surface area contributed by atoms with Gasteiger partial charge in [0.1, 0.15) is 0 Å². The van der Waals surface area contributed by atoms with Crippen LogP contribution in [-0.2, 0) is 9.59 Å². The molecule has 2 rings (SSSR count). The fourth-order valence-electron chi connectivity index (χ4n) is 2.60. The molecule has 0 aliphatic carbocycles. The van der Waals surface area contributed by atoms with E-state index in [1.807, 2.05) is 32.0 Å². The van der Waals surface area contributed by atoms with Crippen LogP contribution < -0.4 is 10.2 Å². The van der Waals surface area contributed by atoms with Gasteiger partial charge < -0.3 is 10.2 Å². The Morgan fingerprint density at radius 1 is 1.08 bits per heavy atom. The first-order chi connectivity index (χ1) is 11.8. The van der Waals surface area contributed by atoms with Crippen LogP contribution in [0.5, 0.6) is 0 Å². The third-order valence-corrected chi connectivity index (χ3v) is 4.51. The van der Waals surface area contributed by atoms with Gasteiger partial charge in [-0.1, -0.05) is 35.3 Å². The number of carbonyl (C=O) groups is 2. The lowest BCUT2D eigenvalue weighted by Crippen LogP contribution is -2.32. The number of amides is 2. The summed E-state index contributed by atoms with van der Waals surface area (Å²) in [6, 6.07) is 10.9. The molecule has 2 aromatic carbocycles. The SMILES string of the molecule is CC(=O)N(CCC(=O)Nc1cccc(Cl)c1Cl)c1cc(C)cc(C)c1. The maximum absolute atomic E-state index is 12.2. The Morgan fingerprint density at radius 2 is 1.72 bits per heavy atom. The molecule has 0 radical (unpaired) electrons. The van der Waals surface area contributed by atoms with E-state index in [0.717, 1.165) is 16.8 Å². The van der Waals surface area contributed by atoms with Crippen LogP contribution in [0.1, 0.15) is 24.5 Å². The van der Waals surface area contributed by atoms with Gasteiger partial charge in [0.05, 0.1) is 15.7 Å². The Hall–Kier alpha value is -2.04. The van der Waals surface area contributed by atoms with Crippen LogP contribution in [0.25, 0.3) is 0 Å². The fraction of sp³-hybridized carbons (Fsp3) is 0.263. The molecule has 0 aliphatic rings. The Bertz CT molecular complexity index is 786. The van der Waals surface area contributed by atoms with E-state index >= 15 is 0 Å². The quantitative estimate of drug-likeness (QED) is 0.796. The van der Waals surface area contributed by atoms with Crippen molar-refractivity contribution in [1.82, 2.24) is 0 Å². The zero-order valence-electron chi connectivity index (χ0n) is 14.4. The van der Waals surface area contributed by atoms with E-state index in [0.29, 0.717) is 15.7 Å². The van der Waals surface area contributed by atoms with Gasteiger partial charge in [-0.3, -0.25) is 9.59 Å². The van der Waals surface area contributed by atoms with E-state index in [4.69, 9.17) is 23.2 Å². The average Bonchev–Trinajstić information content (AvgIpc) is 2.51. The van der Waals surface area contributed by atoms with Crippen molar-refractivity contribution >= 4 is 46.4 Å². The summed E-state index contributed by atoms with van der Waals surface area (Å²) in [5.41, 5.74) is 3.38. The zero-order valence-corrected chi connectivity index (χ0v) is 15.9. The molecule has 0 aliphatic heterocycles. The van der Waals surface area contributed by atoms with Gasteiger partial charge in [0, 0.05) is 25.6 Å². The van der Waals surface area contributed by atoms with Gasteiger partial charge in [-0.15, -0.1) is 0 Å². The van der Waals surface area contributed by atoms with E-state index < -0.39 is 0 Å². The lowest BCUT2D eigenvalue weighted by Gasteiger charge is -2.22. The van der Waals surface area contributed by atoms with Crippen molar-refractivity contribution < 1.29 is 9.59 Å². The van der Waals surface area contributed by atoms with Crippen LogP contribution in [0, 0.1) is 13.8 Å². The molecule has 0 fully saturated rings. The van der Waals surface area contributed by atoms with Gasteiger partial charge in [0.2, 0.25) is 11.8 Å².